The highest BCUT2D eigenvalue weighted by Gasteiger charge is 2.25. The first kappa shape index (κ1) is 26.7. The topological polar surface area (TPSA) is 69.0 Å². The van der Waals surface area contributed by atoms with Gasteiger partial charge in [-0.25, -0.2) is 4.68 Å². The molecule has 1 heterocycles. The number of methoxy groups -OCH3 is 1. The van der Waals surface area contributed by atoms with Crippen molar-refractivity contribution in [2.24, 2.45) is 7.05 Å². The number of aryl methyl sites for hydroxylation is 1. The third-order valence-corrected chi connectivity index (χ3v) is 6.05. The van der Waals surface area contributed by atoms with Gasteiger partial charge in [-0.05, 0) is 51.5 Å². The van der Waals surface area contributed by atoms with E-state index in [9.17, 15) is 5.11 Å². The number of rotatable bonds is 13. The van der Waals surface area contributed by atoms with Gasteiger partial charge >= 0.3 is 0 Å². The second kappa shape index (κ2) is 12.7. The Kier molecular flexibility index (Phi) is 9.72. The maximum absolute atomic E-state index is 10.7. The third-order valence-electron chi connectivity index (χ3n) is 6.05. The molecule has 2 atom stereocenters. The quantitative estimate of drug-likeness (QED) is 0.358. The van der Waals surface area contributed by atoms with Gasteiger partial charge in [-0.3, -0.25) is 4.90 Å². The highest BCUT2D eigenvalue weighted by molar-refractivity contribution is 5.65. The summed E-state index contributed by atoms with van der Waals surface area (Å²) in [5.74, 6) is 2.15. The molecule has 0 aliphatic heterocycles. The van der Waals surface area contributed by atoms with Gasteiger partial charge in [0.25, 0.3) is 0 Å². The Balaban J connectivity index is 1.96. The molecule has 1 N–H and O–H groups in total. The van der Waals surface area contributed by atoms with Crippen molar-refractivity contribution in [2.75, 3.05) is 20.3 Å². The van der Waals surface area contributed by atoms with Gasteiger partial charge in [0.05, 0.1) is 31.5 Å². The van der Waals surface area contributed by atoms with E-state index in [4.69, 9.17) is 19.3 Å². The Morgan fingerprint density at radius 2 is 1.66 bits per heavy atom. The minimum atomic E-state index is -0.589. The van der Waals surface area contributed by atoms with Gasteiger partial charge in [0, 0.05) is 31.7 Å². The molecule has 7 nitrogen and oxygen atoms in total. The zero-order valence-corrected chi connectivity index (χ0v) is 21.8. The lowest BCUT2D eigenvalue weighted by atomic mass is 10.1. The molecule has 1 aromatic heterocycles. The Morgan fingerprint density at radius 1 is 1.00 bits per heavy atom. The molecule has 7 heteroatoms. The standard InChI is InChI=1S/C28H39N3O4/c1-7-21(4)31(17-23(32)19-34-20(2)3)18-26-27(22-11-9-8-10-12-22)29-30(5)28(26)35-25-15-13-24(33-6)14-16-25/h8-16,20-21,23,32H,7,17-19H2,1-6H3/t21-,23+/m0/s1. The van der Waals surface area contributed by atoms with E-state index in [2.05, 4.69) is 30.9 Å². The molecule has 3 aromatic rings. The maximum Gasteiger partial charge on any atom is 0.222 e. The van der Waals surface area contributed by atoms with Gasteiger partial charge in [0.1, 0.15) is 17.2 Å². The molecule has 0 aliphatic rings. The molecular formula is C28H39N3O4. The summed E-state index contributed by atoms with van der Waals surface area (Å²) in [5, 5.41) is 15.5. The number of benzene rings is 2. The Morgan fingerprint density at radius 3 is 2.26 bits per heavy atom. The molecule has 0 saturated carbocycles. The van der Waals surface area contributed by atoms with Crippen LogP contribution >= 0.6 is 0 Å². The van der Waals surface area contributed by atoms with Gasteiger partial charge in [0.2, 0.25) is 5.88 Å². The van der Waals surface area contributed by atoms with E-state index in [1.54, 1.807) is 11.8 Å². The van der Waals surface area contributed by atoms with Crippen LogP contribution in [0, 0.1) is 0 Å². The summed E-state index contributed by atoms with van der Waals surface area (Å²) >= 11 is 0. The second-order valence-electron chi connectivity index (χ2n) is 9.12. The summed E-state index contributed by atoms with van der Waals surface area (Å²) in [4.78, 5) is 2.28. The van der Waals surface area contributed by atoms with Gasteiger partial charge in [-0.2, -0.15) is 5.10 Å². The Labute approximate surface area is 209 Å². The molecule has 0 saturated heterocycles. The number of nitrogens with zero attached hydrogens (tertiary/aromatic N) is 3. The van der Waals surface area contributed by atoms with Gasteiger partial charge in [0.15, 0.2) is 0 Å². The van der Waals surface area contributed by atoms with Crippen LogP contribution in [-0.4, -0.2) is 58.3 Å². The maximum atomic E-state index is 10.7. The van der Waals surface area contributed by atoms with Crippen molar-refractivity contribution < 1.29 is 19.3 Å². The van der Waals surface area contributed by atoms with Crippen LogP contribution in [0.5, 0.6) is 17.4 Å². The van der Waals surface area contributed by atoms with E-state index in [1.807, 2.05) is 63.4 Å². The van der Waals surface area contributed by atoms with Crippen LogP contribution in [0.4, 0.5) is 0 Å². The average Bonchev–Trinajstić information content (AvgIpc) is 3.17. The van der Waals surface area contributed by atoms with Crippen LogP contribution < -0.4 is 9.47 Å². The monoisotopic (exact) mass is 481 g/mol. The van der Waals surface area contributed by atoms with Crippen LogP contribution in [0.2, 0.25) is 0 Å². The Bertz CT molecular complexity index is 1030. The highest BCUT2D eigenvalue weighted by Crippen LogP contribution is 2.35. The van der Waals surface area contributed by atoms with Gasteiger partial charge in [-0.1, -0.05) is 37.3 Å². The van der Waals surface area contributed by atoms with Crippen LogP contribution in [0.3, 0.4) is 0 Å². The van der Waals surface area contributed by atoms with E-state index in [0.717, 1.165) is 29.0 Å². The molecule has 0 unspecified atom stereocenters. The third kappa shape index (κ3) is 7.31. The molecule has 190 valence electrons. The summed E-state index contributed by atoms with van der Waals surface area (Å²) in [6.07, 6.45) is 0.441. The molecule has 0 aliphatic carbocycles. The van der Waals surface area contributed by atoms with E-state index in [0.29, 0.717) is 31.3 Å². The molecule has 35 heavy (non-hydrogen) atoms. The first-order valence-electron chi connectivity index (χ1n) is 12.3. The molecule has 0 radical (unpaired) electrons. The van der Waals surface area contributed by atoms with Crippen LogP contribution in [0.25, 0.3) is 11.3 Å². The molecule has 0 amide bonds. The molecule has 0 spiro atoms. The first-order valence-corrected chi connectivity index (χ1v) is 12.3. The summed E-state index contributed by atoms with van der Waals surface area (Å²) in [6.45, 7) is 9.67. The number of aromatic nitrogens is 2. The lowest BCUT2D eigenvalue weighted by molar-refractivity contribution is -0.0149. The predicted molar refractivity (Wildman–Crippen MR) is 139 cm³/mol. The predicted octanol–water partition coefficient (Wildman–Crippen LogP) is 5.27. The number of aliphatic hydroxyl groups excluding tert-OH is 1. The van der Waals surface area contributed by atoms with E-state index in [1.165, 1.54) is 0 Å². The van der Waals surface area contributed by atoms with Gasteiger partial charge < -0.3 is 19.3 Å². The van der Waals surface area contributed by atoms with Crippen LogP contribution in [0.15, 0.2) is 54.6 Å². The smallest absolute Gasteiger partial charge is 0.222 e. The first-order chi connectivity index (χ1) is 16.8. The lowest BCUT2D eigenvalue weighted by Crippen LogP contribution is -2.40. The fourth-order valence-corrected chi connectivity index (χ4v) is 3.89. The normalized spacial score (nSPS) is 13.3. The minimum absolute atomic E-state index is 0.0780. The van der Waals surface area contributed by atoms with Crippen molar-refractivity contribution in [3.8, 4) is 28.6 Å². The van der Waals surface area contributed by atoms with Crippen molar-refractivity contribution in [1.29, 1.82) is 0 Å². The van der Waals surface area contributed by atoms with Crippen molar-refractivity contribution in [2.45, 2.75) is 58.9 Å². The fourth-order valence-electron chi connectivity index (χ4n) is 3.89. The summed E-state index contributed by atoms with van der Waals surface area (Å²) in [5.41, 5.74) is 2.88. The van der Waals surface area contributed by atoms with Crippen molar-refractivity contribution >= 4 is 0 Å². The zero-order chi connectivity index (χ0) is 25.4. The lowest BCUT2D eigenvalue weighted by Gasteiger charge is -2.31. The highest BCUT2D eigenvalue weighted by atomic mass is 16.5. The van der Waals surface area contributed by atoms with Crippen LogP contribution in [-0.2, 0) is 18.3 Å². The van der Waals surface area contributed by atoms with Crippen molar-refractivity contribution in [3.05, 3.63) is 60.2 Å². The molecule has 0 fully saturated rings. The van der Waals surface area contributed by atoms with Gasteiger partial charge in [-0.15, -0.1) is 0 Å². The van der Waals surface area contributed by atoms with Crippen molar-refractivity contribution in [3.63, 3.8) is 0 Å². The Hall–Kier alpha value is -2.87. The summed E-state index contributed by atoms with van der Waals surface area (Å²) in [7, 11) is 3.54. The molecule has 0 bridgehead atoms. The summed E-state index contributed by atoms with van der Waals surface area (Å²) in [6, 6.07) is 17.9. The van der Waals surface area contributed by atoms with E-state index < -0.39 is 6.10 Å². The number of hydrogen-bond donors (Lipinski definition) is 1. The molecule has 3 rings (SSSR count). The average molecular weight is 482 g/mol. The minimum Gasteiger partial charge on any atom is -0.497 e. The number of hydrogen-bond acceptors (Lipinski definition) is 6. The van der Waals surface area contributed by atoms with E-state index in [-0.39, 0.29) is 12.1 Å². The molecule has 2 aromatic carbocycles. The van der Waals surface area contributed by atoms with Crippen LogP contribution in [0.1, 0.15) is 39.7 Å². The molecular weight excluding hydrogens is 442 g/mol. The zero-order valence-electron chi connectivity index (χ0n) is 21.8. The SMILES string of the molecule is CC[C@H](C)N(Cc1c(-c2ccccc2)nn(C)c1Oc1ccc(OC)cc1)C[C@@H](O)COC(C)C. The van der Waals surface area contributed by atoms with Crippen molar-refractivity contribution in [1.82, 2.24) is 14.7 Å². The second-order valence-corrected chi connectivity index (χ2v) is 9.12. The largest absolute Gasteiger partial charge is 0.497 e. The number of ether oxygens (including phenoxy) is 3. The fraction of sp³-hybridized carbons (Fsp3) is 0.464. The van der Waals surface area contributed by atoms with E-state index >= 15 is 0 Å². The number of aliphatic hydroxyl groups is 1. The summed E-state index contributed by atoms with van der Waals surface area (Å²) < 4.78 is 19.1.